The Morgan fingerprint density at radius 3 is 2.35 bits per heavy atom. The van der Waals surface area contributed by atoms with Crippen molar-refractivity contribution < 1.29 is 9.84 Å². The van der Waals surface area contributed by atoms with E-state index in [4.69, 9.17) is 4.74 Å². The fraction of sp³-hybridized carbons (Fsp3) is 0.467. The lowest BCUT2D eigenvalue weighted by atomic mass is 9.79. The van der Waals surface area contributed by atoms with E-state index in [1.54, 1.807) is 0 Å². The molecule has 1 saturated carbocycles. The maximum Gasteiger partial charge on any atom is 0.281 e. The van der Waals surface area contributed by atoms with Crippen molar-refractivity contribution in [3.63, 3.8) is 0 Å². The summed E-state index contributed by atoms with van der Waals surface area (Å²) >= 11 is 0. The van der Waals surface area contributed by atoms with Crippen molar-refractivity contribution >= 4 is 0 Å². The molecule has 1 aliphatic carbocycles. The van der Waals surface area contributed by atoms with Crippen LogP contribution >= 0.6 is 0 Å². The molecule has 1 aliphatic heterocycles. The van der Waals surface area contributed by atoms with Crippen molar-refractivity contribution in [3.8, 4) is 0 Å². The summed E-state index contributed by atoms with van der Waals surface area (Å²) in [6.07, 6.45) is 6.30. The first-order valence-electron chi connectivity index (χ1n) is 6.51. The molecule has 1 unspecified atom stereocenters. The Morgan fingerprint density at radius 2 is 1.71 bits per heavy atom. The van der Waals surface area contributed by atoms with E-state index in [2.05, 4.69) is 12.1 Å². The number of hydrogen-bond donors (Lipinski definition) is 1. The highest BCUT2D eigenvalue weighted by molar-refractivity contribution is 5.33. The fourth-order valence-corrected chi connectivity index (χ4v) is 2.97. The van der Waals surface area contributed by atoms with E-state index < -0.39 is 0 Å². The molecule has 90 valence electrons. The van der Waals surface area contributed by atoms with E-state index in [0.717, 1.165) is 11.1 Å². The zero-order chi connectivity index (χ0) is 11.7. The molecule has 1 aromatic rings. The molecule has 1 aromatic carbocycles. The third-order valence-electron chi connectivity index (χ3n) is 3.91. The van der Waals surface area contributed by atoms with Crippen LogP contribution in [0.3, 0.4) is 0 Å². The fourth-order valence-electron chi connectivity index (χ4n) is 2.97. The van der Waals surface area contributed by atoms with Gasteiger partial charge in [-0.15, -0.1) is 0 Å². The third-order valence-corrected chi connectivity index (χ3v) is 3.91. The molecule has 0 radical (unpaired) electrons. The molecule has 1 N–H and O–H groups in total. The standard InChI is InChI=1S/C15H18O2/c16-15-13(11-7-3-1-4-8-11)14(17-15)12-9-5-2-6-10-12/h2,5-6,9-11,14,16H,1,3-4,7-8H2. The minimum absolute atomic E-state index is 0.000648. The minimum atomic E-state index is -0.000648. The average molecular weight is 230 g/mol. The van der Waals surface area contributed by atoms with E-state index in [9.17, 15) is 5.11 Å². The Labute approximate surface area is 102 Å². The van der Waals surface area contributed by atoms with Crippen LogP contribution in [0.5, 0.6) is 0 Å². The van der Waals surface area contributed by atoms with Gasteiger partial charge in [0.2, 0.25) is 0 Å². The van der Waals surface area contributed by atoms with Crippen molar-refractivity contribution in [2.75, 3.05) is 0 Å². The molecule has 2 heteroatoms. The summed E-state index contributed by atoms with van der Waals surface area (Å²) in [6.45, 7) is 0. The maximum atomic E-state index is 9.75. The van der Waals surface area contributed by atoms with Gasteiger partial charge in [0.05, 0.1) is 5.57 Å². The van der Waals surface area contributed by atoms with Gasteiger partial charge >= 0.3 is 0 Å². The molecule has 1 fully saturated rings. The molecule has 1 atom stereocenters. The molecule has 2 aliphatic rings. The lowest BCUT2D eigenvalue weighted by Gasteiger charge is -2.37. The van der Waals surface area contributed by atoms with Gasteiger partial charge in [-0.3, -0.25) is 0 Å². The summed E-state index contributed by atoms with van der Waals surface area (Å²) < 4.78 is 5.43. The van der Waals surface area contributed by atoms with Crippen molar-refractivity contribution in [1.82, 2.24) is 0 Å². The topological polar surface area (TPSA) is 29.5 Å². The first kappa shape index (κ1) is 10.7. The minimum Gasteiger partial charge on any atom is -0.481 e. The molecule has 0 aromatic heterocycles. The van der Waals surface area contributed by atoms with Crippen LogP contribution in [0.4, 0.5) is 0 Å². The molecule has 0 spiro atoms. The molecule has 2 nitrogen and oxygen atoms in total. The molecule has 17 heavy (non-hydrogen) atoms. The Morgan fingerprint density at radius 1 is 1.00 bits per heavy atom. The number of ether oxygens (including phenoxy) is 1. The zero-order valence-electron chi connectivity index (χ0n) is 9.93. The van der Waals surface area contributed by atoms with Crippen molar-refractivity contribution in [2.45, 2.75) is 38.2 Å². The van der Waals surface area contributed by atoms with Crippen LogP contribution in [0.15, 0.2) is 41.9 Å². The molecule has 3 rings (SSSR count). The quantitative estimate of drug-likeness (QED) is 0.828. The lowest BCUT2D eigenvalue weighted by Crippen LogP contribution is -2.27. The predicted molar refractivity (Wildman–Crippen MR) is 66.5 cm³/mol. The second-order valence-corrected chi connectivity index (χ2v) is 5.00. The number of rotatable bonds is 2. The maximum absolute atomic E-state index is 9.75. The third kappa shape index (κ3) is 1.92. The SMILES string of the molecule is OC1=C(C2CCCCC2)C(c2ccccc2)O1. The summed E-state index contributed by atoms with van der Waals surface area (Å²) in [5.74, 6) is 0.716. The predicted octanol–water partition coefficient (Wildman–Crippen LogP) is 4.11. The van der Waals surface area contributed by atoms with Gasteiger partial charge in [0.25, 0.3) is 5.95 Å². The number of aliphatic hydroxyl groups excluding tert-OH is 1. The monoisotopic (exact) mass is 230 g/mol. The van der Waals surface area contributed by atoms with Crippen molar-refractivity contribution in [1.29, 1.82) is 0 Å². The highest BCUT2D eigenvalue weighted by Crippen LogP contribution is 2.46. The zero-order valence-corrected chi connectivity index (χ0v) is 9.93. The van der Waals surface area contributed by atoms with E-state index in [1.807, 2.05) is 18.2 Å². The van der Waals surface area contributed by atoms with E-state index in [0.29, 0.717) is 5.92 Å². The van der Waals surface area contributed by atoms with Gasteiger partial charge in [0, 0.05) is 0 Å². The van der Waals surface area contributed by atoms with E-state index >= 15 is 0 Å². The summed E-state index contributed by atoms with van der Waals surface area (Å²) in [7, 11) is 0. The van der Waals surface area contributed by atoms with Crippen LogP contribution in [-0.2, 0) is 4.74 Å². The normalized spacial score (nSPS) is 25.3. The first-order chi connectivity index (χ1) is 8.36. The van der Waals surface area contributed by atoms with Crippen molar-refractivity contribution in [2.24, 2.45) is 5.92 Å². The molecule has 0 amide bonds. The molecular weight excluding hydrogens is 212 g/mol. The van der Waals surface area contributed by atoms with Crippen LogP contribution in [0.1, 0.15) is 43.8 Å². The van der Waals surface area contributed by atoms with Crippen LogP contribution in [0.25, 0.3) is 0 Å². The Balaban J connectivity index is 1.81. The Hall–Kier alpha value is -1.44. The molecule has 1 heterocycles. The van der Waals surface area contributed by atoms with Gasteiger partial charge in [0.1, 0.15) is 0 Å². The van der Waals surface area contributed by atoms with Crippen LogP contribution in [0.2, 0.25) is 0 Å². The average Bonchev–Trinajstić information content (AvgIpc) is 2.38. The number of hydrogen-bond acceptors (Lipinski definition) is 2. The Bertz CT molecular complexity index is 416. The molecular formula is C15H18O2. The van der Waals surface area contributed by atoms with Gasteiger partial charge < -0.3 is 9.84 Å². The molecule has 0 saturated heterocycles. The number of aliphatic hydroxyl groups is 1. The van der Waals surface area contributed by atoms with Gasteiger partial charge in [-0.25, -0.2) is 0 Å². The van der Waals surface area contributed by atoms with Crippen LogP contribution in [-0.4, -0.2) is 5.11 Å². The van der Waals surface area contributed by atoms with Crippen LogP contribution < -0.4 is 0 Å². The van der Waals surface area contributed by atoms with Crippen LogP contribution in [0, 0.1) is 5.92 Å². The first-order valence-corrected chi connectivity index (χ1v) is 6.51. The smallest absolute Gasteiger partial charge is 0.281 e. The van der Waals surface area contributed by atoms with Crippen molar-refractivity contribution in [3.05, 3.63) is 47.4 Å². The highest BCUT2D eigenvalue weighted by atomic mass is 16.6. The second kappa shape index (κ2) is 4.44. The van der Waals surface area contributed by atoms with Gasteiger partial charge in [-0.1, -0.05) is 49.6 Å². The van der Waals surface area contributed by atoms with E-state index in [1.165, 1.54) is 32.1 Å². The van der Waals surface area contributed by atoms with Gasteiger partial charge in [-0.2, -0.15) is 0 Å². The Kier molecular flexibility index (Phi) is 2.79. The summed E-state index contributed by atoms with van der Waals surface area (Å²) in [5, 5.41) is 9.75. The second-order valence-electron chi connectivity index (χ2n) is 5.00. The van der Waals surface area contributed by atoms with Gasteiger partial charge in [0.15, 0.2) is 6.10 Å². The van der Waals surface area contributed by atoms with E-state index in [-0.39, 0.29) is 12.0 Å². The van der Waals surface area contributed by atoms with Gasteiger partial charge in [-0.05, 0) is 24.3 Å². The summed E-state index contributed by atoms with van der Waals surface area (Å²) in [6, 6.07) is 10.2. The molecule has 0 bridgehead atoms. The largest absolute Gasteiger partial charge is 0.481 e. The number of benzene rings is 1. The summed E-state index contributed by atoms with van der Waals surface area (Å²) in [5.41, 5.74) is 2.29. The summed E-state index contributed by atoms with van der Waals surface area (Å²) in [4.78, 5) is 0. The lowest BCUT2D eigenvalue weighted by molar-refractivity contribution is -0.0235. The highest BCUT2D eigenvalue weighted by Gasteiger charge is 2.38.